The van der Waals surface area contributed by atoms with Crippen molar-refractivity contribution in [1.29, 1.82) is 0 Å². The zero-order valence-electron chi connectivity index (χ0n) is 24.1. The molecule has 222 valence electrons. The van der Waals surface area contributed by atoms with E-state index in [4.69, 9.17) is 14.2 Å². The molecule has 4 fully saturated rings. The van der Waals surface area contributed by atoms with Gasteiger partial charge in [-0.15, -0.1) is 0 Å². The van der Waals surface area contributed by atoms with E-state index in [0.717, 1.165) is 12.8 Å². The zero-order chi connectivity index (χ0) is 28.8. The number of fused-ring (bicyclic) bond motifs is 5. The lowest BCUT2D eigenvalue weighted by atomic mass is 9.42. The van der Waals surface area contributed by atoms with E-state index in [1.807, 2.05) is 0 Å². The number of carbonyl (C=O) groups excluding carboxylic acids is 3. The van der Waals surface area contributed by atoms with Gasteiger partial charge in [0, 0.05) is 44.4 Å². The van der Waals surface area contributed by atoms with Crippen molar-refractivity contribution in [3.8, 4) is 0 Å². The first-order chi connectivity index (χ1) is 18.3. The molecule has 0 spiro atoms. The summed E-state index contributed by atoms with van der Waals surface area (Å²) in [5.74, 6) is -1.70. The molecule has 0 aromatic rings. The van der Waals surface area contributed by atoms with E-state index >= 15 is 0 Å². The second-order valence-corrected chi connectivity index (χ2v) is 13.1. The highest BCUT2D eigenvalue weighted by Crippen LogP contribution is 2.70. The molecule has 4 aliphatic carbocycles. The second kappa shape index (κ2) is 11.3. The number of ether oxygens (including phenoxy) is 3. The molecule has 1 unspecified atom stereocenters. The SMILES string of the molecule is COC(=O)CC[C@@H](C)[C@H]1CC[C@H]2[C@@H]3[C@H](OC(C)=O)CC4CC(OO)(OO)CC[C@]4(C)[C@H]3C[C@H](OC(C)=O)[C@]12C. The van der Waals surface area contributed by atoms with Gasteiger partial charge >= 0.3 is 17.9 Å². The van der Waals surface area contributed by atoms with Crippen molar-refractivity contribution in [1.82, 2.24) is 0 Å². The number of carbonyl (C=O) groups is 3. The summed E-state index contributed by atoms with van der Waals surface area (Å²) in [6.45, 7) is 9.52. The summed E-state index contributed by atoms with van der Waals surface area (Å²) in [4.78, 5) is 45.9. The lowest BCUT2D eigenvalue weighted by Gasteiger charge is -2.64. The molecule has 0 amide bonds. The predicted molar refractivity (Wildman–Crippen MR) is 138 cm³/mol. The van der Waals surface area contributed by atoms with Crippen LogP contribution in [0.1, 0.15) is 92.4 Å². The summed E-state index contributed by atoms with van der Waals surface area (Å²) in [7, 11) is 1.40. The molecule has 10 heteroatoms. The Bertz CT molecular complexity index is 933. The van der Waals surface area contributed by atoms with Crippen molar-refractivity contribution < 1.29 is 48.9 Å². The third-order valence-electron chi connectivity index (χ3n) is 11.5. The highest BCUT2D eigenvalue weighted by atomic mass is 17.2. The molecular formula is C29H46O10. The van der Waals surface area contributed by atoms with Gasteiger partial charge < -0.3 is 14.2 Å². The number of hydrogen-bond acceptors (Lipinski definition) is 10. The highest BCUT2D eigenvalue weighted by Gasteiger charge is 2.68. The van der Waals surface area contributed by atoms with Crippen molar-refractivity contribution in [3.05, 3.63) is 0 Å². The van der Waals surface area contributed by atoms with E-state index in [9.17, 15) is 24.9 Å². The predicted octanol–water partition coefficient (Wildman–Crippen LogP) is 4.99. The quantitative estimate of drug-likeness (QED) is 0.139. The number of esters is 3. The first-order valence-corrected chi connectivity index (χ1v) is 14.4. The lowest BCUT2D eigenvalue weighted by molar-refractivity contribution is -0.500. The van der Waals surface area contributed by atoms with Gasteiger partial charge in [0.15, 0.2) is 0 Å². The van der Waals surface area contributed by atoms with Crippen LogP contribution in [-0.2, 0) is 38.4 Å². The van der Waals surface area contributed by atoms with Gasteiger partial charge in [-0.1, -0.05) is 20.8 Å². The smallest absolute Gasteiger partial charge is 0.305 e. The Labute approximate surface area is 230 Å². The van der Waals surface area contributed by atoms with Crippen molar-refractivity contribution in [3.63, 3.8) is 0 Å². The Hall–Kier alpha value is -1.75. The Morgan fingerprint density at radius 2 is 1.62 bits per heavy atom. The summed E-state index contributed by atoms with van der Waals surface area (Å²) in [5.41, 5.74) is -0.568. The molecule has 0 aliphatic heterocycles. The summed E-state index contributed by atoms with van der Waals surface area (Å²) in [5, 5.41) is 19.2. The second-order valence-electron chi connectivity index (χ2n) is 13.1. The molecule has 4 aliphatic rings. The van der Waals surface area contributed by atoms with E-state index < -0.39 is 5.79 Å². The van der Waals surface area contributed by atoms with Crippen LogP contribution in [0.25, 0.3) is 0 Å². The van der Waals surface area contributed by atoms with Gasteiger partial charge in [0.1, 0.15) is 12.2 Å². The molecule has 4 saturated carbocycles. The van der Waals surface area contributed by atoms with Gasteiger partial charge in [-0.05, 0) is 73.5 Å². The van der Waals surface area contributed by atoms with Crippen molar-refractivity contribution in [2.75, 3.05) is 7.11 Å². The molecule has 10 atom stereocenters. The Kier molecular flexibility index (Phi) is 8.72. The van der Waals surface area contributed by atoms with E-state index in [2.05, 4.69) is 30.5 Å². The molecule has 2 N–H and O–H groups in total. The molecule has 10 nitrogen and oxygen atoms in total. The number of methoxy groups -OCH3 is 1. The van der Waals surface area contributed by atoms with Crippen LogP contribution < -0.4 is 0 Å². The average Bonchev–Trinajstić information content (AvgIpc) is 3.25. The standard InChI is InChI=1S/C29H46O10/c1-16(7-10-25(32)35-6)20-8-9-21-26-22(14-24(28(20,21)5)37-18(3)31)27(4)11-12-29(38-33,39-34)15-19(27)13-23(26)36-17(2)30/h16,19-24,26,33-34H,7-15H2,1-6H3/t16-,19?,20-,21+,22+,23-,24+,26+,27+,28-/m1/s1. The fraction of sp³-hybridized carbons (Fsp3) is 0.897. The molecule has 4 rings (SSSR count). The van der Waals surface area contributed by atoms with Crippen molar-refractivity contribution in [2.24, 2.45) is 46.3 Å². The molecule has 39 heavy (non-hydrogen) atoms. The van der Waals surface area contributed by atoms with E-state index in [-0.39, 0.29) is 82.9 Å². The molecule has 0 saturated heterocycles. The summed E-state index contributed by atoms with van der Waals surface area (Å²) in [6.07, 6.45) is 4.61. The maximum atomic E-state index is 12.4. The van der Waals surface area contributed by atoms with Gasteiger partial charge in [-0.3, -0.25) is 14.4 Å². The van der Waals surface area contributed by atoms with Crippen LogP contribution in [0.15, 0.2) is 0 Å². The van der Waals surface area contributed by atoms with Crippen LogP contribution in [0.4, 0.5) is 0 Å². The fourth-order valence-electron chi connectivity index (χ4n) is 9.59. The number of hydrogen-bond donors (Lipinski definition) is 2. The largest absolute Gasteiger partial charge is 0.469 e. The molecule has 0 radical (unpaired) electrons. The Morgan fingerprint density at radius 3 is 2.21 bits per heavy atom. The molecule has 0 aromatic carbocycles. The van der Waals surface area contributed by atoms with Crippen molar-refractivity contribution in [2.45, 2.75) is 110 Å². The minimum Gasteiger partial charge on any atom is -0.469 e. The average molecular weight is 555 g/mol. The first kappa shape index (κ1) is 30.2. The van der Waals surface area contributed by atoms with Crippen LogP contribution in [0.2, 0.25) is 0 Å². The van der Waals surface area contributed by atoms with Crippen LogP contribution in [0, 0.1) is 46.3 Å². The third-order valence-corrected chi connectivity index (χ3v) is 11.5. The number of rotatable bonds is 8. The van der Waals surface area contributed by atoms with E-state index in [0.29, 0.717) is 38.5 Å². The molecule has 0 bridgehead atoms. The van der Waals surface area contributed by atoms with Gasteiger partial charge in [-0.2, -0.15) is 0 Å². The van der Waals surface area contributed by atoms with Crippen LogP contribution in [0.3, 0.4) is 0 Å². The van der Waals surface area contributed by atoms with Gasteiger partial charge in [0.05, 0.1) is 7.11 Å². The summed E-state index contributed by atoms with van der Waals surface area (Å²) >= 11 is 0. The maximum Gasteiger partial charge on any atom is 0.305 e. The zero-order valence-corrected chi connectivity index (χ0v) is 24.1. The fourth-order valence-corrected chi connectivity index (χ4v) is 9.59. The van der Waals surface area contributed by atoms with Gasteiger partial charge in [0.2, 0.25) is 5.79 Å². The van der Waals surface area contributed by atoms with Crippen LogP contribution >= 0.6 is 0 Å². The van der Waals surface area contributed by atoms with Crippen LogP contribution in [-0.4, -0.2) is 53.5 Å². The topological polar surface area (TPSA) is 138 Å². The van der Waals surface area contributed by atoms with E-state index in [1.54, 1.807) is 0 Å². The molecular weight excluding hydrogens is 508 g/mol. The van der Waals surface area contributed by atoms with Gasteiger partial charge in [-0.25, -0.2) is 20.3 Å². The first-order valence-electron chi connectivity index (χ1n) is 14.4. The minimum atomic E-state index is -1.51. The minimum absolute atomic E-state index is 0.0605. The monoisotopic (exact) mass is 554 g/mol. The van der Waals surface area contributed by atoms with E-state index in [1.165, 1.54) is 21.0 Å². The Morgan fingerprint density at radius 1 is 0.949 bits per heavy atom. The van der Waals surface area contributed by atoms with Gasteiger partial charge in [0.25, 0.3) is 0 Å². The summed E-state index contributed by atoms with van der Waals surface area (Å²) < 4.78 is 17.1. The highest BCUT2D eigenvalue weighted by molar-refractivity contribution is 5.69. The molecule has 0 aromatic heterocycles. The summed E-state index contributed by atoms with van der Waals surface area (Å²) in [6, 6.07) is 0. The maximum absolute atomic E-state index is 12.4. The van der Waals surface area contributed by atoms with Crippen molar-refractivity contribution >= 4 is 17.9 Å². The Balaban J connectivity index is 1.72. The molecule has 0 heterocycles. The third kappa shape index (κ3) is 5.22. The van der Waals surface area contributed by atoms with Crippen LogP contribution in [0.5, 0.6) is 0 Å². The lowest BCUT2D eigenvalue weighted by Crippen LogP contribution is -2.64. The normalized spacial score (nSPS) is 41.4.